The van der Waals surface area contributed by atoms with Gasteiger partial charge in [-0.05, 0) is 6.92 Å². The van der Waals surface area contributed by atoms with Crippen LogP contribution in [0.25, 0.3) is 0 Å². The predicted molar refractivity (Wildman–Crippen MR) is 66.2 cm³/mol. The lowest BCUT2D eigenvalue weighted by Crippen LogP contribution is -2.43. The van der Waals surface area contributed by atoms with Gasteiger partial charge in [0, 0.05) is 32.4 Å². The van der Waals surface area contributed by atoms with E-state index >= 15 is 0 Å². The molecule has 0 radical (unpaired) electrons. The summed E-state index contributed by atoms with van der Waals surface area (Å²) in [7, 11) is 1.95. The Balaban J connectivity index is 2.25. The molecule has 0 aliphatic carbocycles. The molecule has 1 aromatic heterocycles. The predicted octanol–water partition coefficient (Wildman–Crippen LogP) is -0.310. The monoisotopic (exact) mass is 234 g/mol. The number of aryl methyl sites for hydroxylation is 1. The van der Waals surface area contributed by atoms with Crippen molar-refractivity contribution in [3.05, 3.63) is 18.2 Å². The number of aromatic nitrogens is 2. The summed E-state index contributed by atoms with van der Waals surface area (Å²) >= 11 is 0. The minimum Gasteiger partial charge on any atom is -0.344 e. The van der Waals surface area contributed by atoms with E-state index in [0.29, 0.717) is 6.54 Å². The molecule has 17 heavy (non-hydrogen) atoms. The van der Waals surface area contributed by atoms with Crippen LogP contribution < -0.4 is 10.6 Å². The largest absolute Gasteiger partial charge is 0.344 e. The second-order valence-corrected chi connectivity index (χ2v) is 3.80. The van der Waals surface area contributed by atoms with E-state index in [1.807, 2.05) is 24.7 Å². The van der Waals surface area contributed by atoms with E-state index in [4.69, 9.17) is 6.42 Å². The third kappa shape index (κ3) is 4.29. The molecule has 2 N–H and O–H groups in total. The molecule has 92 valence electrons. The SMILES string of the molecule is C#CCNC(=O)C(C)NCCc1nccn1C. The first-order chi connectivity index (χ1) is 8.15. The number of rotatable bonds is 6. The molecule has 0 saturated heterocycles. The average Bonchev–Trinajstić information content (AvgIpc) is 2.72. The number of amides is 1. The third-order valence-electron chi connectivity index (χ3n) is 2.48. The normalized spacial score (nSPS) is 11.8. The lowest BCUT2D eigenvalue weighted by molar-refractivity contribution is -0.122. The summed E-state index contributed by atoms with van der Waals surface area (Å²) in [4.78, 5) is 15.7. The highest BCUT2D eigenvalue weighted by atomic mass is 16.2. The van der Waals surface area contributed by atoms with Crippen molar-refractivity contribution in [1.82, 2.24) is 20.2 Å². The van der Waals surface area contributed by atoms with Crippen LogP contribution in [0.2, 0.25) is 0 Å². The van der Waals surface area contributed by atoms with Crippen molar-refractivity contribution in [2.45, 2.75) is 19.4 Å². The van der Waals surface area contributed by atoms with Crippen LogP contribution in [0, 0.1) is 12.3 Å². The molecule has 0 saturated carbocycles. The van der Waals surface area contributed by atoms with Crippen LogP contribution in [0.1, 0.15) is 12.7 Å². The van der Waals surface area contributed by atoms with Crippen molar-refractivity contribution >= 4 is 5.91 Å². The number of carbonyl (C=O) groups is 1. The molecule has 1 aromatic rings. The summed E-state index contributed by atoms with van der Waals surface area (Å²) in [5.41, 5.74) is 0. The molecule has 1 rings (SSSR count). The highest BCUT2D eigenvalue weighted by Gasteiger charge is 2.10. The Morgan fingerprint density at radius 2 is 2.47 bits per heavy atom. The lowest BCUT2D eigenvalue weighted by Gasteiger charge is -2.12. The zero-order valence-corrected chi connectivity index (χ0v) is 10.2. The molecule has 1 amide bonds. The molecule has 0 bridgehead atoms. The smallest absolute Gasteiger partial charge is 0.237 e. The Morgan fingerprint density at radius 3 is 3.06 bits per heavy atom. The molecule has 0 aromatic carbocycles. The first-order valence-electron chi connectivity index (χ1n) is 5.56. The van der Waals surface area contributed by atoms with Gasteiger partial charge in [0.25, 0.3) is 0 Å². The third-order valence-corrected chi connectivity index (χ3v) is 2.48. The van der Waals surface area contributed by atoms with Gasteiger partial charge >= 0.3 is 0 Å². The Bertz CT molecular complexity index is 405. The summed E-state index contributed by atoms with van der Waals surface area (Å²) in [6.07, 6.45) is 9.51. The fourth-order valence-corrected chi connectivity index (χ4v) is 1.42. The number of hydrogen-bond acceptors (Lipinski definition) is 3. The van der Waals surface area contributed by atoms with Crippen molar-refractivity contribution < 1.29 is 4.79 Å². The van der Waals surface area contributed by atoms with E-state index < -0.39 is 0 Å². The van der Waals surface area contributed by atoms with E-state index in [1.165, 1.54) is 0 Å². The van der Waals surface area contributed by atoms with Gasteiger partial charge in [0.15, 0.2) is 0 Å². The second kappa shape index (κ2) is 6.71. The van der Waals surface area contributed by atoms with Crippen molar-refractivity contribution in [2.24, 2.45) is 7.05 Å². The van der Waals surface area contributed by atoms with Crippen LogP contribution >= 0.6 is 0 Å². The van der Waals surface area contributed by atoms with Gasteiger partial charge in [-0.1, -0.05) is 5.92 Å². The minimum atomic E-state index is -0.247. The molecule has 5 heteroatoms. The maximum atomic E-state index is 11.5. The molecule has 1 heterocycles. The Kier molecular flexibility index (Phi) is 5.24. The summed E-state index contributed by atoms with van der Waals surface area (Å²) in [6, 6.07) is -0.247. The van der Waals surface area contributed by atoms with E-state index in [9.17, 15) is 4.79 Å². The standard InChI is InChI=1S/C12H18N4O/c1-4-6-15-12(17)10(2)13-7-5-11-14-8-9-16(11)3/h1,8-10,13H,5-7H2,2-3H3,(H,15,17). The number of nitrogens with zero attached hydrogens (tertiary/aromatic N) is 2. The Hall–Kier alpha value is -1.80. The average molecular weight is 234 g/mol. The summed E-state index contributed by atoms with van der Waals surface area (Å²) in [5.74, 6) is 3.28. The van der Waals surface area contributed by atoms with E-state index in [2.05, 4.69) is 21.5 Å². The highest BCUT2D eigenvalue weighted by molar-refractivity contribution is 5.81. The van der Waals surface area contributed by atoms with Crippen LogP contribution in [0.3, 0.4) is 0 Å². The maximum Gasteiger partial charge on any atom is 0.237 e. The zero-order chi connectivity index (χ0) is 12.7. The molecule has 0 spiro atoms. The first kappa shape index (κ1) is 13.3. The number of terminal acetylenes is 1. The number of carbonyl (C=O) groups excluding carboxylic acids is 1. The van der Waals surface area contributed by atoms with Crippen LogP contribution in [0.5, 0.6) is 0 Å². The van der Waals surface area contributed by atoms with Gasteiger partial charge in [-0.25, -0.2) is 4.98 Å². The fraction of sp³-hybridized carbons (Fsp3) is 0.500. The van der Waals surface area contributed by atoms with Crippen molar-refractivity contribution in [3.63, 3.8) is 0 Å². The van der Waals surface area contributed by atoms with Crippen LogP contribution in [0.4, 0.5) is 0 Å². The number of hydrogen-bond donors (Lipinski definition) is 2. The second-order valence-electron chi connectivity index (χ2n) is 3.80. The minimum absolute atomic E-state index is 0.0807. The molecule has 1 atom stereocenters. The van der Waals surface area contributed by atoms with Gasteiger partial charge < -0.3 is 15.2 Å². The molecular formula is C12H18N4O. The molecular weight excluding hydrogens is 216 g/mol. The Morgan fingerprint density at radius 1 is 1.71 bits per heavy atom. The van der Waals surface area contributed by atoms with Crippen LogP contribution in [0.15, 0.2) is 12.4 Å². The van der Waals surface area contributed by atoms with Crippen molar-refractivity contribution in [3.8, 4) is 12.3 Å². The van der Waals surface area contributed by atoms with Gasteiger partial charge in [-0.15, -0.1) is 6.42 Å². The van der Waals surface area contributed by atoms with E-state index in [1.54, 1.807) is 6.20 Å². The number of nitrogens with one attached hydrogen (secondary N) is 2. The van der Waals surface area contributed by atoms with Gasteiger partial charge in [0.2, 0.25) is 5.91 Å². The van der Waals surface area contributed by atoms with Gasteiger partial charge in [0.1, 0.15) is 5.82 Å². The molecule has 1 unspecified atom stereocenters. The Labute approximate surface area is 102 Å². The van der Waals surface area contributed by atoms with E-state index in [0.717, 1.165) is 12.2 Å². The first-order valence-corrected chi connectivity index (χ1v) is 5.56. The van der Waals surface area contributed by atoms with Crippen LogP contribution in [-0.2, 0) is 18.3 Å². The highest BCUT2D eigenvalue weighted by Crippen LogP contribution is 1.94. The molecule has 0 fully saturated rings. The van der Waals surface area contributed by atoms with E-state index in [-0.39, 0.29) is 18.5 Å². The molecule has 0 aliphatic rings. The van der Waals surface area contributed by atoms with Gasteiger partial charge in [-0.3, -0.25) is 4.79 Å². The zero-order valence-electron chi connectivity index (χ0n) is 10.2. The van der Waals surface area contributed by atoms with Crippen molar-refractivity contribution in [2.75, 3.05) is 13.1 Å². The maximum absolute atomic E-state index is 11.5. The molecule has 5 nitrogen and oxygen atoms in total. The summed E-state index contributed by atoms with van der Waals surface area (Å²) in [6.45, 7) is 2.78. The van der Waals surface area contributed by atoms with Crippen LogP contribution in [-0.4, -0.2) is 34.6 Å². The lowest BCUT2D eigenvalue weighted by atomic mass is 10.3. The van der Waals surface area contributed by atoms with Gasteiger partial charge in [0.05, 0.1) is 12.6 Å². The summed E-state index contributed by atoms with van der Waals surface area (Å²) < 4.78 is 1.96. The fourth-order valence-electron chi connectivity index (χ4n) is 1.42. The van der Waals surface area contributed by atoms with Gasteiger partial charge in [-0.2, -0.15) is 0 Å². The quantitative estimate of drug-likeness (QED) is 0.664. The topological polar surface area (TPSA) is 59.0 Å². The summed E-state index contributed by atoms with van der Waals surface area (Å²) in [5, 5.41) is 5.75. The molecule has 0 aliphatic heterocycles. The van der Waals surface area contributed by atoms with Crippen molar-refractivity contribution in [1.29, 1.82) is 0 Å². The number of imidazole rings is 1.